The Bertz CT molecular complexity index is 1630. The number of anilines is 1. The number of rotatable bonds is 14. The van der Waals surface area contributed by atoms with Crippen LogP contribution in [0.5, 0.6) is 0 Å². The van der Waals surface area contributed by atoms with Gasteiger partial charge in [0.05, 0.1) is 10.6 Å². The summed E-state index contributed by atoms with van der Waals surface area (Å²) in [7, 11) is -4.12. The van der Waals surface area contributed by atoms with E-state index in [2.05, 4.69) is 21.2 Å². The van der Waals surface area contributed by atoms with Crippen LogP contribution in [0.25, 0.3) is 0 Å². The molecule has 0 radical (unpaired) electrons. The van der Waals surface area contributed by atoms with Crippen molar-refractivity contribution in [1.29, 1.82) is 0 Å². The molecule has 4 aromatic rings. The Labute approximate surface area is 269 Å². The van der Waals surface area contributed by atoms with Crippen molar-refractivity contribution >= 4 is 43.5 Å². The number of hydrogen-bond donors (Lipinski definition) is 1. The Balaban J connectivity index is 1.78. The molecule has 0 saturated carbocycles. The van der Waals surface area contributed by atoms with E-state index in [1.54, 1.807) is 36.4 Å². The van der Waals surface area contributed by atoms with Gasteiger partial charge in [-0.2, -0.15) is 0 Å². The minimum absolute atomic E-state index is 0.0758. The molecule has 0 aliphatic rings. The zero-order chi connectivity index (χ0) is 31.5. The van der Waals surface area contributed by atoms with Gasteiger partial charge in [0.25, 0.3) is 10.0 Å². The quantitative estimate of drug-likeness (QED) is 0.154. The van der Waals surface area contributed by atoms with Crippen LogP contribution in [0.1, 0.15) is 36.5 Å². The third kappa shape index (κ3) is 8.80. The second kappa shape index (κ2) is 15.7. The smallest absolute Gasteiger partial charge is 0.264 e. The molecule has 7 nitrogen and oxygen atoms in total. The van der Waals surface area contributed by atoms with Crippen molar-refractivity contribution in [2.45, 2.75) is 50.6 Å². The molecule has 0 aromatic heterocycles. The fourth-order valence-corrected chi connectivity index (χ4v) is 6.57. The molecular formula is C35H38BrN3O4S. The molecule has 4 rings (SSSR count). The summed E-state index contributed by atoms with van der Waals surface area (Å²) in [5.74, 6) is -0.763. The van der Waals surface area contributed by atoms with Crippen molar-refractivity contribution in [2.75, 3.05) is 17.4 Å². The molecule has 0 heterocycles. The number of amides is 2. The third-order valence-electron chi connectivity index (χ3n) is 7.27. The number of carbonyl (C=O) groups excluding carboxylic acids is 2. The Hall–Kier alpha value is -3.95. The number of carbonyl (C=O) groups is 2. The second-order valence-corrected chi connectivity index (χ2v) is 13.4. The van der Waals surface area contributed by atoms with E-state index in [0.29, 0.717) is 12.2 Å². The summed E-state index contributed by atoms with van der Waals surface area (Å²) >= 11 is 3.46. The first-order valence-electron chi connectivity index (χ1n) is 14.7. The number of sulfonamides is 1. The van der Waals surface area contributed by atoms with Gasteiger partial charge in [0, 0.05) is 24.0 Å². The Morgan fingerprint density at radius 2 is 1.50 bits per heavy atom. The molecule has 2 amide bonds. The molecule has 9 heteroatoms. The van der Waals surface area contributed by atoms with E-state index in [-0.39, 0.29) is 23.8 Å². The average molecular weight is 677 g/mol. The molecule has 44 heavy (non-hydrogen) atoms. The van der Waals surface area contributed by atoms with Gasteiger partial charge in [0.15, 0.2) is 0 Å². The van der Waals surface area contributed by atoms with Crippen LogP contribution in [0.2, 0.25) is 0 Å². The van der Waals surface area contributed by atoms with Gasteiger partial charge in [-0.05, 0) is 66.4 Å². The van der Waals surface area contributed by atoms with Gasteiger partial charge in [0.1, 0.15) is 12.6 Å². The monoisotopic (exact) mass is 675 g/mol. The highest BCUT2D eigenvalue weighted by atomic mass is 79.9. The number of nitrogens with zero attached hydrogens (tertiary/aromatic N) is 2. The molecule has 0 aliphatic carbocycles. The van der Waals surface area contributed by atoms with Gasteiger partial charge in [0.2, 0.25) is 11.8 Å². The van der Waals surface area contributed by atoms with Crippen molar-refractivity contribution in [1.82, 2.24) is 10.2 Å². The summed E-state index contributed by atoms with van der Waals surface area (Å²) < 4.78 is 30.1. The van der Waals surface area contributed by atoms with Gasteiger partial charge >= 0.3 is 0 Å². The molecule has 0 fully saturated rings. The maximum Gasteiger partial charge on any atom is 0.264 e. The summed E-state index contributed by atoms with van der Waals surface area (Å²) in [5, 5.41) is 3.01. The predicted octanol–water partition coefficient (Wildman–Crippen LogP) is 6.51. The highest BCUT2D eigenvalue weighted by molar-refractivity contribution is 9.10. The Kier molecular flexibility index (Phi) is 11.7. The highest BCUT2D eigenvalue weighted by Crippen LogP contribution is 2.26. The van der Waals surface area contributed by atoms with Gasteiger partial charge in [-0.3, -0.25) is 13.9 Å². The van der Waals surface area contributed by atoms with E-state index in [9.17, 15) is 18.0 Å². The zero-order valence-electron chi connectivity index (χ0n) is 25.0. The summed E-state index contributed by atoms with van der Waals surface area (Å²) in [5.41, 5.74) is 2.93. The lowest BCUT2D eigenvalue weighted by Crippen LogP contribution is -2.53. The standard InChI is InChI=1S/C35H38BrN3O4S/c1-3-4-22-37-35(41)33(24-28-13-7-5-8-14-28)38(25-29-18-20-30(36)21-19-29)34(40)26-39(31-15-11-12-27(2)23-31)44(42,43)32-16-9-6-10-17-32/h5-21,23,33H,3-4,22,24-26H2,1-2H3,(H,37,41)/t33-/m0/s1. The Morgan fingerprint density at radius 3 is 2.14 bits per heavy atom. The molecule has 4 aromatic carbocycles. The highest BCUT2D eigenvalue weighted by Gasteiger charge is 2.34. The maximum absolute atomic E-state index is 14.5. The number of benzene rings is 4. The van der Waals surface area contributed by atoms with Crippen molar-refractivity contribution in [3.05, 3.63) is 130 Å². The lowest BCUT2D eigenvalue weighted by molar-refractivity contribution is -0.140. The summed E-state index contributed by atoms with van der Waals surface area (Å²) in [6.45, 7) is 4.04. The number of nitrogens with one attached hydrogen (secondary N) is 1. The molecular weight excluding hydrogens is 638 g/mol. The van der Waals surface area contributed by atoms with Gasteiger partial charge in [-0.15, -0.1) is 0 Å². The summed E-state index contributed by atoms with van der Waals surface area (Å²) in [6, 6.07) is 31.3. The lowest BCUT2D eigenvalue weighted by Gasteiger charge is -2.34. The number of aryl methyl sites for hydroxylation is 1. The average Bonchev–Trinajstić information content (AvgIpc) is 3.03. The molecule has 0 unspecified atom stereocenters. The van der Waals surface area contributed by atoms with E-state index in [4.69, 9.17) is 0 Å². The van der Waals surface area contributed by atoms with Crippen LogP contribution in [-0.4, -0.2) is 44.3 Å². The molecule has 0 spiro atoms. The van der Waals surface area contributed by atoms with Crippen LogP contribution < -0.4 is 9.62 Å². The van der Waals surface area contributed by atoms with Crippen molar-refractivity contribution in [3.8, 4) is 0 Å². The molecule has 1 N–H and O–H groups in total. The first-order chi connectivity index (χ1) is 21.2. The molecule has 0 aliphatic heterocycles. The van der Waals surface area contributed by atoms with Crippen LogP contribution >= 0.6 is 15.9 Å². The first-order valence-corrected chi connectivity index (χ1v) is 16.9. The first kappa shape index (κ1) is 33.0. The van der Waals surface area contributed by atoms with Crippen LogP contribution in [0.4, 0.5) is 5.69 Å². The molecule has 0 saturated heterocycles. The van der Waals surface area contributed by atoms with Crippen molar-refractivity contribution in [2.24, 2.45) is 0 Å². The minimum atomic E-state index is -4.12. The van der Waals surface area contributed by atoms with E-state index < -0.39 is 28.5 Å². The number of unbranched alkanes of at least 4 members (excludes halogenated alkanes) is 1. The van der Waals surface area contributed by atoms with Gasteiger partial charge in [-0.1, -0.05) is 102 Å². The van der Waals surface area contributed by atoms with Gasteiger partial charge in [-0.25, -0.2) is 8.42 Å². The lowest BCUT2D eigenvalue weighted by atomic mass is 10.0. The fraction of sp³-hybridized carbons (Fsp3) is 0.257. The van der Waals surface area contributed by atoms with E-state index in [0.717, 1.165) is 38.3 Å². The van der Waals surface area contributed by atoms with Crippen LogP contribution in [0.3, 0.4) is 0 Å². The SMILES string of the molecule is CCCCNC(=O)[C@H](Cc1ccccc1)N(Cc1ccc(Br)cc1)C(=O)CN(c1cccc(C)c1)S(=O)(=O)c1ccccc1. The summed E-state index contributed by atoms with van der Waals surface area (Å²) in [4.78, 5) is 29.8. The predicted molar refractivity (Wildman–Crippen MR) is 179 cm³/mol. The number of hydrogen-bond acceptors (Lipinski definition) is 4. The Morgan fingerprint density at radius 1 is 0.841 bits per heavy atom. The zero-order valence-corrected chi connectivity index (χ0v) is 27.4. The van der Waals surface area contributed by atoms with E-state index in [1.165, 1.54) is 17.0 Å². The van der Waals surface area contributed by atoms with E-state index >= 15 is 0 Å². The third-order valence-corrected chi connectivity index (χ3v) is 9.58. The number of halogens is 1. The van der Waals surface area contributed by atoms with Crippen molar-refractivity contribution < 1.29 is 18.0 Å². The molecule has 1 atom stereocenters. The molecule has 230 valence electrons. The topological polar surface area (TPSA) is 86.8 Å². The maximum atomic E-state index is 14.5. The van der Waals surface area contributed by atoms with Crippen LogP contribution in [0.15, 0.2) is 119 Å². The van der Waals surface area contributed by atoms with Crippen LogP contribution in [0, 0.1) is 6.92 Å². The normalized spacial score (nSPS) is 11.9. The second-order valence-electron chi connectivity index (χ2n) is 10.7. The summed E-state index contributed by atoms with van der Waals surface area (Å²) in [6.07, 6.45) is 1.99. The minimum Gasteiger partial charge on any atom is -0.354 e. The largest absolute Gasteiger partial charge is 0.354 e. The fourth-order valence-electron chi connectivity index (χ4n) is 4.88. The van der Waals surface area contributed by atoms with Crippen LogP contribution in [-0.2, 0) is 32.6 Å². The van der Waals surface area contributed by atoms with E-state index in [1.807, 2.05) is 74.5 Å². The molecule has 0 bridgehead atoms. The van der Waals surface area contributed by atoms with Gasteiger partial charge < -0.3 is 10.2 Å². The van der Waals surface area contributed by atoms with Crippen molar-refractivity contribution in [3.63, 3.8) is 0 Å².